The number of aromatic nitrogens is 1. The Morgan fingerprint density at radius 2 is 2.40 bits per heavy atom. The van der Waals surface area contributed by atoms with E-state index in [0.29, 0.717) is 22.4 Å². The first-order chi connectivity index (χ1) is 7.17. The van der Waals surface area contributed by atoms with Gasteiger partial charge in [0.05, 0.1) is 24.4 Å². The Morgan fingerprint density at radius 3 is 3.00 bits per heavy atom. The lowest BCUT2D eigenvalue weighted by molar-refractivity contribution is 0.389. The molecule has 1 atom stereocenters. The maximum Gasteiger partial charge on any atom is 0.108 e. The van der Waals surface area contributed by atoms with Crippen molar-refractivity contribution >= 4 is 27.3 Å². The second kappa shape index (κ2) is 5.53. The number of rotatable bonds is 4. The fourth-order valence-corrected chi connectivity index (χ4v) is 1.42. The van der Waals surface area contributed by atoms with Crippen molar-refractivity contribution < 1.29 is 5.21 Å². The molecule has 0 spiro atoms. The largest absolute Gasteiger partial charge is 0.380 e. The highest BCUT2D eigenvalue weighted by molar-refractivity contribution is 9.10. The normalized spacial score (nSPS) is 11.6. The summed E-state index contributed by atoms with van der Waals surface area (Å²) in [4.78, 5) is 3.95. The maximum atomic E-state index is 8.84. The maximum absolute atomic E-state index is 8.84. The van der Waals surface area contributed by atoms with E-state index in [2.05, 4.69) is 32.3 Å². The van der Waals surface area contributed by atoms with Crippen LogP contribution in [0.1, 0.15) is 13.3 Å². The van der Waals surface area contributed by atoms with Crippen molar-refractivity contribution in [3.63, 3.8) is 0 Å². The van der Waals surface area contributed by atoms with Gasteiger partial charge in [0.25, 0.3) is 0 Å². The van der Waals surface area contributed by atoms with E-state index < -0.39 is 0 Å². The molecular weight excluding hydrogens is 260 g/mol. The summed E-state index contributed by atoms with van der Waals surface area (Å²) in [7, 11) is 0. The molecule has 0 radical (unpaired) electrons. The number of nitrogens with one attached hydrogen (secondary N) is 2. The first-order valence-electron chi connectivity index (χ1n) is 4.36. The Labute approximate surface area is 96.2 Å². The number of hydrogen-bond acceptors (Lipinski definition) is 5. The summed E-state index contributed by atoms with van der Waals surface area (Å²) in [5, 5.41) is 20.4. The fraction of sp³-hybridized carbons (Fsp3) is 0.333. The second-order valence-electron chi connectivity index (χ2n) is 3.07. The molecule has 15 heavy (non-hydrogen) atoms. The standard InChI is InChI=1S/C9H11BrN4O/c1-6(2-3-11)13-7-4-9(10)12-5-8(7)14-15/h4-6,14-15H,2H2,1H3,(H,12,13). The third-order valence-corrected chi connectivity index (χ3v) is 2.22. The molecule has 0 aromatic carbocycles. The van der Waals surface area contributed by atoms with Gasteiger partial charge in [-0.05, 0) is 28.9 Å². The number of nitrogens with zero attached hydrogens (tertiary/aromatic N) is 2. The van der Waals surface area contributed by atoms with E-state index >= 15 is 0 Å². The molecule has 0 saturated heterocycles. The van der Waals surface area contributed by atoms with Crippen molar-refractivity contribution in [1.82, 2.24) is 4.98 Å². The first kappa shape index (κ1) is 11.8. The van der Waals surface area contributed by atoms with Crippen LogP contribution in [0, 0.1) is 11.3 Å². The molecule has 0 aliphatic carbocycles. The van der Waals surface area contributed by atoms with Crippen molar-refractivity contribution in [3.05, 3.63) is 16.9 Å². The lowest BCUT2D eigenvalue weighted by Gasteiger charge is -2.14. The van der Waals surface area contributed by atoms with Crippen LogP contribution in [0.2, 0.25) is 0 Å². The third-order valence-electron chi connectivity index (χ3n) is 1.79. The van der Waals surface area contributed by atoms with Crippen LogP contribution in [-0.2, 0) is 0 Å². The van der Waals surface area contributed by atoms with Crippen LogP contribution >= 0.6 is 15.9 Å². The van der Waals surface area contributed by atoms with Crippen molar-refractivity contribution in [2.45, 2.75) is 19.4 Å². The van der Waals surface area contributed by atoms with Gasteiger partial charge in [0.15, 0.2) is 0 Å². The van der Waals surface area contributed by atoms with E-state index in [1.807, 2.05) is 12.4 Å². The Balaban J connectivity index is 2.83. The lowest BCUT2D eigenvalue weighted by Crippen LogP contribution is -2.15. The van der Waals surface area contributed by atoms with Crippen molar-refractivity contribution in [2.24, 2.45) is 0 Å². The van der Waals surface area contributed by atoms with Gasteiger partial charge in [-0.25, -0.2) is 4.98 Å². The molecule has 3 N–H and O–H groups in total. The average Bonchev–Trinajstić information content (AvgIpc) is 2.18. The van der Waals surface area contributed by atoms with Crippen molar-refractivity contribution in [2.75, 3.05) is 10.8 Å². The summed E-state index contributed by atoms with van der Waals surface area (Å²) in [6, 6.07) is 3.81. The summed E-state index contributed by atoms with van der Waals surface area (Å²) in [5.41, 5.74) is 3.21. The van der Waals surface area contributed by atoms with Gasteiger partial charge in [-0.15, -0.1) is 0 Å². The van der Waals surface area contributed by atoms with Gasteiger partial charge in [0.2, 0.25) is 0 Å². The van der Waals surface area contributed by atoms with Crippen LogP contribution in [0.25, 0.3) is 0 Å². The van der Waals surface area contributed by atoms with Crippen molar-refractivity contribution in [1.29, 1.82) is 5.26 Å². The van der Waals surface area contributed by atoms with Gasteiger partial charge in [-0.2, -0.15) is 5.26 Å². The van der Waals surface area contributed by atoms with Crippen LogP contribution in [0.5, 0.6) is 0 Å². The van der Waals surface area contributed by atoms with Gasteiger partial charge >= 0.3 is 0 Å². The minimum absolute atomic E-state index is 0.0106. The van der Waals surface area contributed by atoms with Gasteiger partial charge in [-0.1, -0.05) is 0 Å². The molecule has 1 aromatic heterocycles. The summed E-state index contributed by atoms with van der Waals surface area (Å²) in [6.45, 7) is 1.89. The molecule has 0 aliphatic rings. The molecule has 0 saturated carbocycles. The van der Waals surface area contributed by atoms with Gasteiger partial charge < -0.3 is 5.32 Å². The van der Waals surface area contributed by atoms with Crippen LogP contribution in [-0.4, -0.2) is 16.2 Å². The highest BCUT2D eigenvalue weighted by atomic mass is 79.9. The second-order valence-corrected chi connectivity index (χ2v) is 3.88. The SMILES string of the molecule is CC(CC#N)Nc1cc(Br)ncc1NO. The van der Waals surface area contributed by atoms with E-state index in [4.69, 9.17) is 10.5 Å². The van der Waals surface area contributed by atoms with Gasteiger partial charge in [-0.3, -0.25) is 10.7 Å². The number of pyridine rings is 1. The number of anilines is 2. The first-order valence-corrected chi connectivity index (χ1v) is 5.15. The minimum atomic E-state index is 0.0106. The molecule has 1 heterocycles. The fourth-order valence-electron chi connectivity index (χ4n) is 1.09. The average molecular weight is 271 g/mol. The van der Waals surface area contributed by atoms with Crippen LogP contribution in [0.15, 0.2) is 16.9 Å². The molecule has 1 rings (SSSR count). The van der Waals surface area contributed by atoms with E-state index in [0.717, 1.165) is 0 Å². The topological polar surface area (TPSA) is 81.0 Å². The predicted molar refractivity (Wildman–Crippen MR) is 60.7 cm³/mol. The number of nitriles is 1. The monoisotopic (exact) mass is 270 g/mol. The summed E-state index contributed by atoms with van der Waals surface area (Å²) in [6.07, 6.45) is 1.89. The Bertz CT molecular complexity index is 377. The molecule has 6 heteroatoms. The number of halogens is 1. The highest BCUT2D eigenvalue weighted by Gasteiger charge is 2.06. The molecular formula is C9H11BrN4O. The van der Waals surface area contributed by atoms with E-state index in [9.17, 15) is 0 Å². The van der Waals surface area contributed by atoms with E-state index in [-0.39, 0.29) is 6.04 Å². The zero-order valence-electron chi connectivity index (χ0n) is 8.16. The number of hydrogen-bond donors (Lipinski definition) is 3. The van der Waals surface area contributed by atoms with E-state index in [1.165, 1.54) is 6.20 Å². The Hall–Kier alpha value is -1.32. The molecule has 0 fully saturated rings. The molecule has 0 amide bonds. The molecule has 1 unspecified atom stereocenters. The smallest absolute Gasteiger partial charge is 0.108 e. The van der Waals surface area contributed by atoms with Gasteiger partial charge in [0.1, 0.15) is 10.3 Å². The minimum Gasteiger partial charge on any atom is -0.380 e. The summed E-state index contributed by atoms with van der Waals surface area (Å²) < 4.78 is 0.660. The zero-order chi connectivity index (χ0) is 11.3. The molecule has 0 aliphatic heterocycles. The van der Waals surface area contributed by atoms with Gasteiger partial charge in [0, 0.05) is 6.04 Å². The predicted octanol–water partition coefficient (Wildman–Crippen LogP) is 2.36. The Morgan fingerprint density at radius 1 is 1.67 bits per heavy atom. The van der Waals surface area contributed by atoms with Crippen LogP contribution in [0.4, 0.5) is 11.4 Å². The molecule has 1 aromatic rings. The van der Waals surface area contributed by atoms with E-state index in [1.54, 1.807) is 6.07 Å². The lowest BCUT2D eigenvalue weighted by atomic mass is 10.2. The van der Waals surface area contributed by atoms with Crippen LogP contribution < -0.4 is 10.8 Å². The highest BCUT2D eigenvalue weighted by Crippen LogP contribution is 2.24. The third kappa shape index (κ3) is 3.38. The molecule has 80 valence electrons. The molecule has 5 nitrogen and oxygen atoms in total. The quantitative estimate of drug-likeness (QED) is 0.578. The summed E-state index contributed by atoms with van der Waals surface area (Å²) >= 11 is 3.23. The van der Waals surface area contributed by atoms with Crippen LogP contribution in [0.3, 0.4) is 0 Å². The Kier molecular flexibility index (Phi) is 4.34. The summed E-state index contributed by atoms with van der Waals surface area (Å²) in [5.74, 6) is 0. The molecule has 0 bridgehead atoms. The zero-order valence-corrected chi connectivity index (χ0v) is 9.74. The van der Waals surface area contributed by atoms with Crippen molar-refractivity contribution in [3.8, 4) is 6.07 Å².